The number of piperazine rings is 1. The predicted octanol–water partition coefficient (Wildman–Crippen LogP) is 1.90. The second-order valence-corrected chi connectivity index (χ2v) is 5.43. The Labute approximate surface area is 128 Å². The third-order valence-corrected chi connectivity index (χ3v) is 3.88. The number of halogens is 1. The van der Waals surface area contributed by atoms with E-state index in [1.54, 1.807) is 24.0 Å². The number of aryl methyl sites for hydroxylation is 1. The van der Waals surface area contributed by atoms with E-state index in [-0.39, 0.29) is 17.2 Å². The van der Waals surface area contributed by atoms with Crippen LogP contribution in [0.3, 0.4) is 0 Å². The van der Waals surface area contributed by atoms with E-state index in [2.05, 4.69) is 4.90 Å². The summed E-state index contributed by atoms with van der Waals surface area (Å²) in [6.45, 7) is 5.08. The lowest BCUT2D eigenvalue weighted by Crippen LogP contribution is -2.49. The van der Waals surface area contributed by atoms with Crippen LogP contribution in [0.5, 0.6) is 0 Å². The Morgan fingerprint density at radius 1 is 1.33 bits per heavy atom. The van der Waals surface area contributed by atoms with Gasteiger partial charge in [-0.25, -0.2) is 0 Å². The van der Waals surface area contributed by atoms with E-state index >= 15 is 0 Å². The number of para-hydroxylation sites is 1. The van der Waals surface area contributed by atoms with E-state index in [0.717, 1.165) is 19.6 Å². The molecule has 0 bridgehead atoms. The molecule has 7 heteroatoms. The van der Waals surface area contributed by atoms with E-state index in [0.29, 0.717) is 24.5 Å². The van der Waals surface area contributed by atoms with Gasteiger partial charge in [0.2, 0.25) is 0 Å². The second-order valence-electron chi connectivity index (χ2n) is 5.05. The van der Waals surface area contributed by atoms with E-state index in [4.69, 9.17) is 11.6 Å². The molecule has 0 atom stereocenters. The first-order valence-electron chi connectivity index (χ1n) is 6.86. The number of rotatable bonds is 4. The van der Waals surface area contributed by atoms with Gasteiger partial charge in [0.1, 0.15) is 5.56 Å². The first kappa shape index (κ1) is 15.7. The molecule has 0 saturated carbocycles. The first-order chi connectivity index (χ1) is 10.0. The molecule has 0 aliphatic carbocycles. The highest BCUT2D eigenvalue weighted by Gasteiger charge is 2.28. The van der Waals surface area contributed by atoms with Crippen LogP contribution < -0.4 is 0 Å². The molecule has 114 valence electrons. The minimum Gasteiger partial charge on any atom is -0.336 e. The number of hydrogen-bond donors (Lipinski definition) is 0. The molecule has 21 heavy (non-hydrogen) atoms. The number of nitrogens with zero attached hydrogens (tertiary/aromatic N) is 3. The average molecular weight is 312 g/mol. The lowest BCUT2D eigenvalue weighted by Gasteiger charge is -2.34. The Balaban J connectivity index is 2.15. The molecule has 1 aliphatic heterocycles. The van der Waals surface area contributed by atoms with Gasteiger partial charge in [-0.05, 0) is 13.0 Å². The van der Waals surface area contributed by atoms with Crippen molar-refractivity contribution < 1.29 is 9.72 Å². The lowest BCUT2D eigenvalue weighted by atomic mass is 10.1. The van der Waals surface area contributed by atoms with Crippen LogP contribution in [0.25, 0.3) is 0 Å². The molecule has 2 rings (SSSR count). The Kier molecular flexibility index (Phi) is 5.14. The zero-order chi connectivity index (χ0) is 15.4. The van der Waals surface area contributed by atoms with Crippen LogP contribution in [0, 0.1) is 17.0 Å². The van der Waals surface area contributed by atoms with Crippen molar-refractivity contribution in [3.63, 3.8) is 0 Å². The van der Waals surface area contributed by atoms with Crippen LogP contribution in [0.15, 0.2) is 18.2 Å². The fraction of sp³-hybridized carbons (Fsp3) is 0.500. The summed E-state index contributed by atoms with van der Waals surface area (Å²) in [4.78, 5) is 27.1. The summed E-state index contributed by atoms with van der Waals surface area (Å²) < 4.78 is 0. The second kappa shape index (κ2) is 6.87. The third-order valence-electron chi connectivity index (χ3n) is 3.71. The van der Waals surface area contributed by atoms with Crippen molar-refractivity contribution in [1.82, 2.24) is 9.80 Å². The number of hydrogen-bond acceptors (Lipinski definition) is 4. The Morgan fingerprint density at radius 3 is 2.57 bits per heavy atom. The number of amides is 1. The minimum atomic E-state index is -0.480. The smallest absolute Gasteiger partial charge is 0.285 e. The number of nitro groups is 1. The standard InChI is InChI=1S/C14H18ClN3O3/c1-11-3-2-4-12(13(11)18(20)21)14(19)17-9-7-16(6-5-15)8-10-17/h2-4H,5-10H2,1H3. The zero-order valence-electron chi connectivity index (χ0n) is 11.9. The van der Waals surface area contributed by atoms with Crippen molar-refractivity contribution in [2.45, 2.75) is 6.92 Å². The Morgan fingerprint density at radius 2 is 2.00 bits per heavy atom. The highest BCUT2D eigenvalue weighted by atomic mass is 35.5. The summed E-state index contributed by atoms with van der Waals surface area (Å²) in [6, 6.07) is 4.85. The topological polar surface area (TPSA) is 66.7 Å². The molecule has 1 saturated heterocycles. The van der Waals surface area contributed by atoms with Gasteiger partial charge in [-0.1, -0.05) is 12.1 Å². The molecule has 1 aromatic rings. The molecular weight excluding hydrogens is 294 g/mol. The SMILES string of the molecule is Cc1cccc(C(=O)N2CCN(CCCl)CC2)c1[N+](=O)[O-]. The summed E-state index contributed by atoms with van der Waals surface area (Å²) >= 11 is 5.71. The molecule has 0 spiro atoms. The molecule has 1 fully saturated rings. The number of benzene rings is 1. The summed E-state index contributed by atoms with van der Waals surface area (Å²) in [5, 5.41) is 11.2. The monoisotopic (exact) mass is 311 g/mol. The van der Waals surface area contributed by atoms with Crippen molar-refractivity contribution in [2.24, 2.45) is 0 Å². The maximum absolute atomic E-state index is 12.5. The van der Waals surface area contributed by atoms with E-state index in [1.807, 2.05) is 0 Å². The maximum Gasteiger partial charge on any atom is 0.285 e. The van der Waals surface area contributed by atoms with Gasteiger partial charge in [0.25, 0.3) is 11.6 Å². The number of alkyl halides is 1. The van der Waals surface area contributed by atoms with Gasteiger partial charge in [0.05, 0.1) is 4.92 Å². The van der Waals surface area contributed by atoms with Crippen LogP contribution in [0.4, 0.5) is 5.69 Å². The third kappa shape index (κ3) is 3.51. The average Bonchev–Trinajstić information content (AvgIpc) is 2.47. The fourth-order valence-electron chi connectivity index (χ4n) is 2.54. The van der Waals surface area contributed by atoms with Crippen molar-refractivity contribution in [1.29, 1.82) is 0 Å². The van der Waals surface area contributed by atoms with Crippen LogP contribution in [-0.4, -0.2) is 59.2 Å². The summed E-state index contributed by atoms with van der Waals surface area (Å²) in [7, 11) is 0. The highest BCUT2D eigenvalue weighted by molar-refractivity contribution is 6.18. The zero-order valence-corrected chi connectivity index (χ0v) is 12.7. The van der Waals surface area contributed by atoms with Crippen LogP contribution in [0.1, 0.15) is 15.9 Å². The molecule has 0 unspecified atom stereocenters. The van der Waals surface area contributed by atoms with E-state index in [1.165, 1.54) is 6.07 Å². The minimum absolute atomic E-state index is 0.0920. The van der Waals surface area contributed by atoms with Gasteiger partial charge in [-0.15, -0.1) is 11.6 Å². The number of nitro benzene ring substituents is 1. The molecule has 1 aliphatic rings. The van der Waals surface area contributed by atoms with Gasteiger partial charge in [0.15, 0.2) is 0 Å². The van der Waals surface area contributed by atoms with Crippen LogP contribution >= 0.6 is 11.6 Å². The molecule has 0 radical (unpaired) electrons. The van der Waals surface area contributed by atoms with Gasteiger partial charge >= 0.3 is 0 Å². The van der Waals surface area contributed by atoms with Gasteiger partial charge < -0.3 is 4.90 Å². The van der Waals surface area contributed by atoms with Crippen molar-refractivity contribution in [3.8, 4) is 0 Å². The van der Waals surface area contributed by atoms with Crippen molar-refractivity contribution >= 4 is 23.2 Å². The van der Waals surface area contributed by atoms with Gasteiger partial charge in [0, 0.05) is 44.2 Å². The molecule has 1 aromatic carbocycles. The molecule has 1 amide bonds. The van der Waals surface area contributed by atoms with Crippen LogP contribution in [0.2, 0.25) is 0 Å². The Hall–Kier alpha value is -1.66. The van der Waals surface area contributed by atoms with E-state index < -0.39 is 4.92 Å². The summed E-state index contributed by atoms with van der Waals surface area (Å²) in [5.41, 5.74) is 0.586. The van der Waals surface area contributed by atoms with E-state index in [9.17, 15) is 14.9 Å². The fourth-order valence-corrected chi connectivity index (χ4v) is 2.78. The van der Waals surface area contributed by atoms with Gasteiger partial charge in [-0.2, -0.15) is 0 Å². The predicted molar refractivity (Wildman–Crippen MR) is 80.9 cm³/mol. The number of carbonyl (C=O) groups is 1. The van der Waals surface area contributed by atoms with Crippen molar-refractivity contribution in [3.05, 3.63) is 39.4 Å². The summed E-state index contributed by atoms with van der Waals surface area (Å²) in [5.74, 6) is 0.299. The van der Waals surface area contributed by atoms with Crippen LogP contribution in [-0.2, 0) is 0 Å². The highest BCUT2D eigenvalue weighted by Crippen LogP contribution is 2.24. The lowest BCUT2D eigenvalue weighted by molar-refractivity contribution is -0.385. The molecule has 6 nitrogen and oxygen atoms in total. The molecule has 0 N–H and O–H groups in total. The first-order valence-corrected chi connectivity index (χ1v) is 7.39. The maximum atomic E-state index is 12.5. The molecule has 1 heterocycles. The quantitative estimate of drug-likeness (QED) is 0.484. The normalized spacial score (nSPS) is 16.0. The molecule has 0 aromatic heterocycles. The van der Waals surface area contributed by atoms with Crippen molar-refractivity contribution in [2.75, 3.05) is 38.6 Å². The van der Waals surface area contributed by atoms with Gasteiger partial charge in [-0.3, -0.25) is 19.8 Å². The Bertz CT molecular complexity index is 542. The summed E-state index contributed by atoms with van der Waals surface area (Å²) in [6.07, 6.45) is 0. The largest absolute Gasteiger partial charge is 0.336 e. The molecular formula is C14H18ClN3O3. The number of carbonyl (C=O) groups excluding carboxylic acids is 1.